The number of amides is 1. The quantitative estimate of drug-likeness (QED) is 0.663. The minimum Gasteiger partial charge on any atom is -0.310 e. The predicted molar refractivity (Wildman–Crippen MR) is 109 cm³/mol. The molecular formula is C22H26N4O. The molecule has 1 heterocycles. The van der Waals surface area contributed by atoms with Crippen LogP contribution >= 0.6 is 0 Å². The van der Waals surface area contributed by atoms with Crippen molar-refractivity contribution >= 4 is 11.7 Å². The van der Waals surface area contributed by atoms with E-state index in [1.54, 1.807) is 10.9 Å². The van der Waals surface area contributed by atoms with E-state index in [0.29, 0.717) is 5.82 Å². The molecule has 1 unspecified atom stereocenters. The third kappa shape index (κ3) is 4.63. The van der Waals surface area contributed by atoms with Crippen molar-refractivity contribution < 1.29 is 4.79 Å². The minimum atomic E-state index is -0.383. The maximum Gasteiger partial charge on any atom is 0.242 e. The lowest BCUT2D eigenvalue weighted by molar-refractivity contribution is -0.117. The van der Waals surface area contributed by atoms with Gasteiger partial charge in [-0.1, -0.05) is 60.7 Å². The number of carbonyl (C=O) groups is 1. The zero-order valence-corrected chi connectivity index (χ0v) is 16.0. The van der Waals surface area contributed by atoms with Crippen LogP contribution in [-0.4, -0.2) is 21.7 Å². The van der Waals surface area contributed by atoms with E-state index in [-0.39, 0.29) is 24.0 Å². The summed E-state index contributed by atoms with van der Waals surface area (Å²) in [7, 11) is 0. The van der Waals surface area contributed by atoms with Gasteiger partial charge in [0.25, 0.3) is 0 Å². The molecule has 0 radical (unpaired) electrons. The molecule has 0 fully saturated rings. The van der Waals surface area contributed by atoms with Gasteiger partial charge in [-0.3, -0.25) is 10.1 Å². The zero-order chi connectivity index (χ0) is 19.2. The first-order valence-electron chi connectivity index (χ1n) is 9.26. The number of aromatic nitrogens is 2. The van der Waals surface area contributed by atoms with E-state index in [0.717, 1.165) is 11.1 Å². The molecule has 1 atom stereocenters. The van der Waals surface area contributed by atoms with Crippen LogP contribution in [0.3, 0.4) is 0 Å². The fourth-order valence-corrected chi connectivity index (χ4v) is 3.06. The van der Waals surface area contributed by atoms with Gasteiger partial charge in [0, 0.05) is 12.1 Å². The van der Waals surface area contributed by atoms with Gasteiger partial charge in [0.15, 0.2) is 0 Å². The molecule has 5 heteroatoms. The Hall–Kier alpha value is -2.92. The Kier molecular flexibility index (Phi) is 6.04. The second-order valence-electron chi connectivity index (χ2n) is 6.89. The molecule has 0 aliphatic heterocycles. The molecule has 0 aliphatic carbocycles. The number of anilines is 1. The van der Waals surface area contributed by atoms with Gasteiger partial charge in [-0.15, -0.1) is 0 Å². The fourth-order valence-electron chi connectivity index (χ4n) is 3.06. The maximum atomic E-state index is 12.8. The molecule has 3 rings (SSSR count). The summed E-state index contributed by atoms with van der Waals surface area (Å²) in [6.45, 7) is 5.95. The zero-order valence-electron chi connectivity index (χ0n) is 16.0. The molecule has 27 heavy (non-hydrogen) atoms. The summed E-state index contributed by atoms with van der Waals surface area (Å²) in [5, 5.41) is 10.7. The lowest BCUT2D eigenvalue weighted by Crippen LogP contribution is -2.41. The summed E-state index contributed by atoms with van der Waals surface area (Å²) < 4.78 is 1.80. The average molecular weight is 362 g/mol. The lowest BCUT2D eigenvalue weighted by atomic mass is 9.98. The van der Waals surface area contributed by atoms with E-state index in [1.165, 1.54) is 0 Å². The van der Waals surface area contributed by atoms with Crippen LogP contribution in [0.5, 0.6) is 0 Å². The Morgan fingerprint density at radius 1 is 0.889 bits per heavy atom. The van der Waals surface area contributed by atoms with Gasteiger partial charge in [0.05, 0.1) is 18.3 Å². The van der Waals surface area contributed by atoms with Crippen molar-refractivity contribution in [3.8, 4) is 0 Å². The maximum absolute atomic E-state index is 12.8. The summed E-state index contributed by atoms with van der Waals surface area (Å²) in [4.78, 5) is 12.8. The predicted octanol–water partition coefficient (Wildman–Crippen LogP) is 4.17. The Labute approximate surface area is 160 Å². The monoisotopic (exact) mass is 362 g/mol. The first-order valence-corrected chi connectivity index (χ1v) is 9.26. The molecule has 0 bridgehead atoms. The number of rotatable bonds is 7. The number of hydrogen-bond acceptors (Lipinski definition) is 3. The van der Waals surface area contributed by atoms with Crippen LogP contribution in [-0.2, 0) is 4.79 Å². The average Bonchev–Trinajstić information content (AvgIpc) is 3.15. The highest BCUT2D eigenvalue weighted by Crippen LogP contribution is 2.22. The van der Waals surface area contributed by atoms with Gasteiger partial charge in [-0.05, 0) is 31.9 Å². The largest absolute Gasteiger partial charge is 0.310 e. The molecule has 3 aromatic rings. The topological polar surface area (TPSA) is 59.0 Å². The standard InChI is InChI=1S/C22H26N4O/c1-16(2)26-20(14-15-23-26)25-22(27)17(3)24-21(18-10-6-4-7-11-18)19-12-8-5-9-13-19/h4-17,21,24H,1-3H3,(H,25,27). The summed E-state index contributed by atoms with van der Waals surface area (Å²) in [5.74, 6) is 0.619. The van der Waals surface area contributed by atoms with Crippen LogP contribution < -0.4 is 10.6 Å². The Morgan fingerprint density at radius 3 is 1.96 bits per heavy atom. The smallest absolute Gasteiger partial charge is 0.242 e. The van der Waals surface area contributed by atoms with Crippen molar-refractivity contribution in [1.29, 1.82) is 0 Å². The van der Waals surface area contributed by atoms with Crippen LogP contribution in [0.4, 0.5) is 5.82 Å². The van der Waals surface area contributed by atoms with Crippen molar-refractivity contribution in [1.82, 2.24) is 15.1 Å². The number of nitrogens with zero attached hydrogens (tertiary/aromatic N) is 2. The summed E-state index contributed by atoms with van der Waals surface area (Å²) in [6.07, 6.45) is 1.70. The van der Waals surface area contributed by atoms with E-state index >= 15 is 0 Å². The summed E-state index contributed by atoms with van der Waals surface area (Å²) in [5.41, 5.74) is 2.24. The van der Waals surface area contributed by atoms with Crippen molar-refractivity contribution in [3.05, 3.63) is 84.1 Å². The Morgan fingerprint density at radius 2 is 1.44 bits per heavy atom. The summed E-state index contributed by atoms with van der Waals surface area (Å²) >= 11 is 0. The van der Waals surface area contributed by atoms with E-state index in [2.05, 4.69) is 40.0 Å². The number of benzene rings is 2. The third-order valence-electron chi connectivity index (χ3n) is 4.49. The van der Waals surface area contributed by atoms with E-state index in [1.807, 2.05) is 63.2 Å². The molecule has 0 aliphatic rings. The number of nitrogens with one attached hydrogen (secondary N) is 2. The van der Waals surface area contributed by atoms with Crippen LogP contribution in [0.15, 0.2) is 72.9 Å². The highest BCUT2D eigenvalue weighted by molar-refractivity contribution is 5.93. The van der Waals surface area contributed by atoms with Gasteiger partial charge in [-0.25, -0.2) is 4.68 Å². The van der Waals surface area contributed by atoms with Crippen LogP contribution in [0.1, 0.15) is 44.0 Å². The molecule has 0 saturated heterocycles. The van der Waals surface area contributed by atoms with Crippen LogP contribution in [0.25, 0.3) is 0 Å². The molecular weight excluding hydrogens is 336 g/mol. The fraction of sp³-hybridized carbons (Fsp3) is 0.273. The third-order valence-corrected chi connectivity index (χ3v) is 4.49. The number of carbonyl (C=O) groups excluding carboxylic acids is 1. The van der Waals surface area contributed by atoms with Gasteiger partial charge >= 0.3 is 0 Å². The second kappa shape index (κ2) is 8.64. The van der Waals surface area contributed by atoms with Crippen molar-refractivity contribution in [3.63, 3.8) is 0 Å². The molecule has 0 saturated carbocycles. The van der Waals surface area contributed by atoms with Crippen LogP contribution in [0.2, 0.25) is 0 Å². The first-order chi connectivity index (χ1) is 13.1. The molecule has 1 amide bonds. The first kappa shape index (κ1) is 18.9. The SMILES string of the molecule is CC(NC(c1ccccc1)c1ccccc1)C(=O)Nc1ccnn1C(C)C. The number of hydrogen-bond donors (Lipinski definition) is 2. The van der Waals surface area contributed by atoms with E-state index in [4.69, 9.17) is 0 Å². The Balaban J connectivity index is 1.77. The van der Waals surface area contributed by atoms with Crippen molar-refractivity contribution in [2.75, 3.05) is 5.32 Å². The van der Waals surface area contributed by atoms with Crippen molar-refractivity contribution in [2.45, 2.75) is 38.9 Å². The molecule has 2 aromatic carbocycles. The highest BCUT2D eigenvalue weighted by atomic mass is 16.2. The van der Waals surface area contributed by atoms with Gasteiger partial charge < -0.3 is 5.32 Å². The van der Waals surface area contributed by atoms with Gasteiger partial charge in [-0.2, -0.15) is 5.10 Å². The highest BCUT2D eigenvalue weighted by Gasteiger charge is 2.21. The van der Waals surface area contributed by atoms with E-state index < -0.39 is 0 Å². The van der Waals surface area contributed by atoms with E-state index in [9.17, 15) is 4.79 Å². The lowest BCUT2D eigenvalue weighted by Gasteiger charge is -2.24. The molecule has 1 aromatic heterocycles. The van der Waals surface area contributed by atoms with Crippen molar-refractivity contribution in [2.24, 2.45) is 0 Å². The minimum absolute atomic E-state index is 0.0665. The van der Waals surface area contributed by atoms with Gasteiger partial charge in [0.1, 0.15) is 5.82 Å². The molecule has 140 valence electrons. The normalized spacial score (nSPS) is 12.3. The van der Waals surface area contributed by atoms with Gasteiger partial charge in [0.2, 0.25) is 5.91 Å². The second-order valence-corrected chi connectivity index (χ2v) is 6.89. The molecule has 2 N–H and O–H groups in total. The summed E-state index contributed by atoms with van der Waals surface area (Å²) in [6, 6.07) is 21.9. The van der Waals surface area contributed by atoms with Crippen LogP contribution in [0, 0.1) is 0 Å². The molecule has 5 nitrogen and oxygen atoms in total. The Bertz CT molecular complexity index is 819. The molecule has 0 spiro atoms.